The molecule has 0 fully saturated rings. The van der Waals surface area contributed by atoms with E-state index in [1.165, 1.54) is 0 Å². The standard InChI is InChI=1S/C15H14Br2N2O/c1-9(10-3-2-4-14(18)7-10)19-15(20)11-5-12(16)8-13(17)6-11/h2-9H,18H2,1H3,(H,19,20). The summed E-state index contributed by atoms with van der Waals surface area (Å²) in [7, 11) is 0. The predicted octanol–water partition coefficient (Wildman–Crippen LogP) is 4.28. The maximum atomic E-state index is 12.2. The topological polar surface area (TPSA) is 55.1 Å². The summed E-state index contributed by atoms with van der Waals surface area (Å²) in [4.78, 5) is 12.2. The summed E-state index contributed by atoms with van der Waals surface area (Å²) in [5, 5.41) is 2.96. The minimum absolute atomic E-state index is 0.108. The van der Waals surface area contributed by atoms with Gasteiger partial charge in [0.2, 0.25) is 0 Å². The van der Waals surface area contributed by atoms with Gasteiger partial charge >= 0.3 is 0 Å². The van der Waals surface area contributed by atoms with E-state index in [-0.39, 0.29) is 11.9 Å². The highest BCUT2D eigenvalue weighted by atomic mass is 79.9. The smallest absolute Gasteiger partial charge is 0.251 e. The Kier molecular flexibility index (Phi) is 4.83. The molecule has 2 aromatic carbocycles. The first-order valence-corrected chi connectivity index (χ1v) is 7.66. The van der Waals surface area contributed by atoms with Crippen LogP contribution in [-0.2, 0) is 0 Å². The van der Waals surface area contributed by atoms with Gasteiger partial charge in [-0.3, -0.25) is 4.79 Å². The van der Waals surface area contributed by atoms with Crippen molar-refractivity contribution in [2.75, 3.05) is 5.73 Å². The van der Waals surface area contributed by atoms with Crippen LogP contribution in [0, 0.1) is 0 Å². The van der Waals surface area contributed by atoms with Crippen molar-refractivity contribution in [1.29, 1.82) is 0 Å². The normalized spacial score (nSPS) is 11.9. The fourth-order valence-corrected chi connectivity index (χ4v) is 3.17. The quantitative estimate of drug-likeness (QED) is 0.759. The van der Waals surface area contributed by atoms with Crippen LogP contribution >= 0.6 is 31.9 Å². The van der Waals surface area contributed by atoms with Crippen molar-refractivity contribution < 1.29 is 4.79 Å². The maximum Gasteiger partial charge on any atom is 0.251 e. The molecule has 2 aromatic rings. The van der Waals surface area contributed by atoms with Crippen LogP contribution in [0.15, 0.2) is 51.4 Å². The van der Waals surface area contributed by atoms with E-state index in [4.69, 9.17) is 5.73 Å². The van der Waals surface area contributed by atoms with Gasteiger partial charge in [0.15, 0.2) is 0 Å². The molecule has 3 N–H and O–H groups in total. The molecule has 0 bridgehead atoms. The Morgan fingerprint density at radius 3 is 2.40 bits per heavy atom. The lowest BCUT2D eigenvalue weighted by atomic mass is 10.1. The lowest BCUT2D eigenvalue weighted by Crippen LogP contribution is -2.26. The van der Waals surface area contributed by atoms with E-state index in [2.05, 4.69) is 37.2 Å². The van der Waals surface area contributed by atoms with E-state index in [0.29, 0.717) is 11.3 Å². The van der Waals surface area contributed by atoms with E-state index in [0.717, 1.165) is 14.5 Å². The summed E-state index contributed by atoms with van der Waals surface area (Å²) in [5.74, 6) is -0.123. The van der Waals surface area contributed by atoms with Crippen molar-refractivity contribution in [3.63, 3.8) is 0 Å². The minimum Gasteiger partial charge on any atom is -0.399 e. The molecule has 1 amide bonds. The number of rotatable bonds is 3. The SMILES string of the molecule is CC(NC(=O)c1cc(Br)cc(Br)c1)c1cccc(N)c1. The summed E-state index contributed by atoms with van der Waals surface area (Å²) in [6.07, 6.45) is 0. The van der Waals surface area contributed by atoms with E-state index in [1.54, 1.807) is 12.1 Å². The van der Waals surface area contributed by atoms with Crippen LogP contribution in [0.1, 0.15) is 28.9 Å². The average Bonchev–Trinajstić information content (AvgIpc) is 2.37. The average molecular weight is 398 g/mol. The Bertz CT molecular complexity index is 623. The third-order valence-electron chi connectivity index (χ3n) is 2.88. The molecule has 0 aromatic heterocycles. The van der Waals surface area contributed by atoms with Crippen LogP contribution in [0.5, 0.6) is 0 Å². The molecule has 1 atom stereocenters. The van der Waals surface area contributed by atoms with Crippen molar-refractivity contribution >= 4 is 43.5 Å². The highest BCUT2D eigenvalue weighted by molar-refractivity contribution is 9.11. The van der Waals surface area contributed by atoms with Crippen molar-refractivity contribution in [1.82, 2.24) is 5.32 Å². The number of halogens is 2. The van der Waals surface area contributed by atoms with Crippen molar-refractivity contribution in [3.8, 4) is 0 Å². The number of carbonyl (C=O) groups is 1. The second-order valence-corrected chi connectivity index (χ2v) is 6.35. The first kappa shape index (κ1) is 15.1. The Hall–Kier alpha value is -1.33. The Balaban J connectivity index is 2.15. The van der Waals surface area contributed by atoms with E-state index < -0.39 is 0 Å². The molecule has 5 heteroatoms. The Labute approximate surface area is 134 Å². The van der Waals surface area contributed by atoms with Crippen molar-refractivity contribution in [2.24, 2.45) is 0 Å². The van der Waals surface area contributed by atoms with Gasteiger partial charge in [0.1, 0.15) is 0 Å². The lowest BCUT2D eigenvalue weighted by molar-refractivity contribution is 0.0939. The van der Waals surface area contributed by atoms with Crippen LogP contribution in [-0.4, -0.2) is 5.91 Å². The van der Waals surface area contributed by atoms with Gasteiger partial charge in [-0.1, -0.05) is 44.0 Å². The number of carbonyl (C=O) groups excluding carboxylic acids is 1. The van der Waals surface area contributed by atoms with Gasteiger partial charge in [-0.05, 0) is 42.8 Å². The van der Waals surface area contributed by atoms with E-state index >= 15 is 0 Å². The molecule has 0 saturated heterocycles. The predicted molar refractivity (Wildman–Crippen MR) is 88.6 cm³/mol. The molecule has 0 radical (unpaired) electrons. The maximum absolute atomic E-state index is 12.2. The number of anilines is 1. The summed E-state index contributed by atoms with van der Waals surface area (Å²) in [6, 6.07) is 12.9. The molecule has 3 nitrogen and oxygen atoms in total. The molecule has 0 aliphatic heterocycles. The van der Waals surface area contributed by atoms with Gasteiger partial charge in [0.05, 0.1) is 6.04 Å². The van der Waals surface area contributed by atoms with Gasteiger partial charge < -0.3 is 11.1 Å². The van der Waals surface area contributed by atoms with Gasteiger partial charge in [-0.2, -0.15) is 0 Å². The Morgan fingerprint density at radius 2 is 1.80 bits per heavy atom. The number of hydrogen-bond acceptors (Lipinski definition) is 2. The molecule has 20 heavy (non-hydrogen) atoms. The summed E-state index contributed by atoms with van der Waals surface area (Å²) in [5.41, 5.74) is 8.02. The molecule has 0 heterocycles. The number of hydrogen-bond donors (Lipinski definition) is 2. The molecular weight excluding hydrogens is 384 g/mol. The molecule has 0 spiro atoms. The zero-order chi connectivity index (χ0) is 14.7. The van der Waals surface area contributed by atoms with Gasteiger partial charge in [0, 0.05) is 20.2 Å². The van der Waals surface area contributed by atoms with Crippen LogP contribution in [0.4, 0.5) is 5.69 Å². The number of nitrogen functional groups attached to an aromatic ring is 1. The summed E-state index contributed by atoms with van der Waals surface area (Å²) >= 11 is 6.75. The van der Waals surface area contributed by atoms with Crippen LogP contribution < -0.4 is 11.1 Å². The third-order valence-corrected chi connectivity index (χ3v) is 3.80. The number of nitrogens with one attached hydrogen (secondary N) is 1. The fraction of sp³-hybridized carbons (Fsp3) is 0.133. The molecule has 0 saturated carbocycles. The zero-order valence-corrected chi connectivity index (χ0v) is 14.0. The monoisotopic (exact) mass is 396 g/mol. The highest BCUT2D eigenvalue weighted by Gasteiger charge is 2.12. The van der Waals surface area contributed by atoms with Gasteiger partial charge in [0.25, 0.3) is 5.91 Å². The number of nitrogens with two attached hydrogens (primary N) is 1. The fourth-order valence-electron chi connectivity index (χ4n) is 1.88. The second-order valence-electron chi connectivity index (χ2n) is 4.52. The minimum atomic E-state index is -0.123. The summed E-state index contributed by atoms with van der Waals surface area (Å²) < 4.78 is 1.71. The number of benzene rings is 2. The van der Waals surface area contributed by atoms with Gasteiger partial charge in [-0.15, -0.1) is 0 Å². The Morgan fingerprint density at radius 1 is 1.15 bits per heavy atom. The van der Waals surface area contributed by atoms with Crippen molar-refractivity contribution in [3.05, 3.63) is 62.5 Å². The first-order chi connectivity index (χ1) is 9.45. The van der Waals surface area contributed by atoms with Gasteiger partial charge in [-0.25, -0.2) is 0 Å². The molecule has 0 aliphatic carbocycles. The lowest BCUT2D eigenvalue weighted by Gasteiger charge is -2.15. The van der Waals surface area contributed by atoms with E-state index in [9.17, 15) is 4.79 Å². The molecule has 1 unspecified atom stereocenters. The van der Waals surface area contributed by atoms with Crippen LogP contribution in [0.3, 0.4) is 0 Å². The van der Waals surface area contributed by atoms with E-state index in [1.807, 2.05) is 37.3 Å². The third kappa shape index (κ3) is 3.84. The number of amides is 1. The molecule has 104 valence electrons. The van der Waals surface area contributed by atoms with Crippen molar-refractivity contribution in [2.45, 2.75) is 13.0 Å². The first-order valence-electron chi connectivity index (χ1n) is 6.08. The largest absolute Gasteiger partial charge is 0.399 e. The second kappa shape index (κ2) is 6.41. The summed E-state index contributed by atoms with van der Waals surface area (Å²) in [6.45, 7) is 1.93. The highest BCUT2D eigenvalue weighted by Crippen LogP contribution is 2.21. The zero-order valence-electron chi connectivity index (χ0n) is 10.9. The van der Waals surface area contributed by atoms with Crippen LogP contribution in [0.2, 0.25) is 0 Å². The molecule has 0 aliphatic rings. The molecular formula is C15H14Br2N2O. The molecule has 2 rings (SSSR count). The van der Waals surface area contributed by atoms with Crippen LogP contribution in [0.25, 0.3) is 0 Å².